The van der Waals surface area contributed by atoms with Gasteiger partial charge in [0, 0.05) is 0 Å². The molecule has 2 aromatic rings. The average Bonchev–Trinajstić information content (AvgIpc) is 2.46. The number of carbonyl (C=O) groups is 1. The highest BCUT2D eigenvalue weighted by Gasteiger charge is 2.05. The summed E-state index contributed by atoms with van der Waals surface area (Å²) in [4.78, 5) is 11.7. The third-order valence-corrected chi connectivity index (χ3v) is 3.11. The second-order valence-corrected chi connectivity index (χ2v) is 4.94. The lowest BCUT2D eigenvalue weighted by Gasteiger charge is -2.08. The van der Waals surface area contributed by atoms with Gasteiger partial charge >= 0.3 is 0 Å². The summed E-state index contributed by atoms with van der Waals surface area (Å²) in [5.74, 6) is -0.671. The smallest absolute Gasteiger partial charge is 0.238 e. The Morgan fingerprint density at radius 1 is 1.14 bits per heavy atom. The van der Waals surface area contributed by atoms with Crippen LogP contribution < -0.4 is 10.6 Å². The van der Waals surface area contributed by atoms with Crippen molar-refractivity contribution < 1.29 is 9.18 Å². The van der Waals surface area contributed by atoms with Gasteiger partial charge in [0.1, 0.15) is 5.82 Å². The Kier molecular flexibility index (Phi) is 5.46. The van der Waals surface area contributed by atoms with Crippen molar-refractivity contribution >= 4 is 11.6 Å². The quantitative estimate of drug-likeness (QED) is 0.802. The number of hydrogen-bond donors (Lipinski definition) is 2. The first-order chi connectivity index (χ1) is 10.1. The number of benzene rings is 2. The van der Waals surface area contributed by atoms with E-state index >= 15 is 0 Å². The molecular weight excluding hydrogens is 267 g/mol. The first-order valence-corrected chi connectivity index (χ1v) is 6.96. The zero-order chi connectivity index (χ0) is 15.1. The van der Waals surface area contributed by atoms with E-state index in [0.29, 0.717) is 6.54 Å². The highest BCUT2D eigenvalue weighted by Crippen LogP contribution is 2.11. The van der Waals surface area contributed by atoms with Crippen LogP contribution in [-0.2, 0) is 11.2 Å². The van der Waals surface area contributed by atoms with E-state index < -0.39 is 5.82 Å². The molecule has 4 heteroatoms. The van der Waals surface area contributed by atoms with Gasteiger partial charge in [-0.05, 0) is 37.6 Å². The van der Waals surface area contributed by atoms with Crippen molar-refractivity contribution in [1.82, 2.24) is 5.32 Å². The second-order valence-electron chi connectivity index (χ2n) is 4.94. The molecule has 21 heavy (non-hydrogen) atoms. The van der Waals surface area contributed by atoms with Crippen molar-refractivity contribution in [3.63, 3.8) is 0 Å². The lowest BCUT2D eigenvalue weighted by Crippen LogP contribution is -2.29. The molecule has 110 valence electrons. The van der Waals surface area contributed by atoms with Gasteiger partial charge in [-0.1, -0.05) is 42.0 Å². The number of rotatable bonds is 6. The summed E-state index contributed by atoms with van der Waals surface area (Å²) in [5, 5.41) is 5.60. The number of halogens is 1. The summed E-state index contributed by atoms with van der Waals surface area (Å²) in [6.45, 7) is 2.92. The van der Waals surface area contributed by atoms with Crippen molar-refractivity contribution in [2.45, 2.75) is 13.3 Å². The fourth-order valence-electron chi connectivity index (χ4n) is 2.06. The molecule has 0 heterocycles. The molecular formula is C17H19FN2O. The molecule has 0 fully saturated rings. The fourth-order valence-corrected chi connectivity index (χ4v) is 2.06. The zero-order valence-corrected chi connectivity index (χ0v) is 12.0. The summed E-state index contributed by atoms with van der Waals surface area (Å²) in [6.07, 6.45) is 0.856. The Bertz CT molecular complexity index is 613. The van der Waals surface area contributed by atoms with Gasteiger partial charge in [0.15, 0.2) is 0 Å². The number of anilines is 1. The summed E-state index contributed by atoms with van der Waals surface area (Å²) in [7, 11) is 0. The van der Waals surface area contributed by atoms with Gasteiger partial charge in [0.05, 0.1) is 12.2 Å². The van der Waals surface area contributed by atoms with E-state index in [1.54, 1.807) is 18.2 Å². The van der Waals surface area contributed by atoms with E-state index in [-0.39, 0.29) is 18.1 Å². The number of hydrogen-bond acceptors (Lipinski definition) is 2. The monoisotopic (exact) mass is 286 g/mol. The normalized spacial score (nSPS) is 10.4. The van der Waals surface area contributed by atoms with Gasteiger partial charge in [-0.3, -0.25) is 4.79 Å². The van der Waals surface area contributed by atoms with Crippen LogP contribution in [0.5, 0.6) is 0 Å². The van der Waals surface area contributed by atoms with Crippen LogP contribution in [0.4, 0.5) is 10.1 Å². The van der Waals surface area contributed by atoms with Crippen LogP contribution in [0.25, 0.3) is 0 Å². The molecule has 0 radical (unpaired) electrons. The third kappa shape index (κ3) is 5.00. The molecule has 0 aliphatic rings. The predicted molar refractivity (Wildman–Crippen MR) is 82.8 cm³/mol. The Morgan fingerprint density at radius 2 is 1.95 bits per heavy atom. The van der Waals surface area contributed by atoms with Gasteiger partial charge < -0.3 is 10.6 Å². The van der Waals surface area contributed by atoms with Crippen molar-refractivity contribution in [3.05, 3.63) is 65.5 Å². The first kappa shape index (κ1) is 15.2. The Labute approximate surface area is 124 Å². The number of aryl methyl sites for hydroxylation is 1. The average molecular weight is 286 g/mol. The predicted octanol–water partition coefficient (Wildman–Crippen LogP) is 2.90. The summed E-state index contributed by atoms with van der Waals surface area (Å²) < 4.78 is 13.4. The molecule has 1 amide bonds. The van der Waals surface area contributed by atoms with Crippen LogP contribution in [0.1, 0.15) is 11.1 Å². The maximum absolute atomic E-state index is 13.4. The van der Waals surface area contributed by atoms with Gasteiger partial charge in [-0.15, -0.1) is 0 Å². The Balaban J connectivity index is 1.71. The molecule has 2 rings (SSSR count). The lowest BCUT2D eigenvalue weighted by atomic mass is 10.1. The van der Waals surface area contributed by atoms with Crippen LogP contribution in [0.15, 0.2) is 48.5 Å². The minimum absolute atomic E-state index is 0.167. The molecule has 0 aliphatic carbocycles. The van der Waals surface area contributed by atoms with Gasteiger partial charge in [0.2, 0.25) is 5.91 Å². The minimum Gasteiger partial charge on any atom is -0.322 e. The van der Waals surface area contributed by atoms with E-state index in [2.05, 4.69) is 35.8 Å². The molecule has 0 aliphatic heterocycles. The molecule has 2 aromatic carbocycles. The van der Waals surface area contributed by atoms with E-state index in [0.717, 1.165) is 6.42 Å². The van der Waals surface area contributed by atoms with Gasteiger partial charge in [-0.25, -0.2) is 4.39 Å². The minimum atomic E-state index is -0.425. The molecule has 3 nitrogen and oxygen atoms in total. The highest BCUT2D eigenvalue weighted by molar-refractivity contribution is 5.92. The number of nitrogens with one attached hydrogen (secondary N) is 2. The lowest BCUT2D eigenvalue weighted by molar-refractivity contribution is -0.115. The SMILES string of the molecule is Cc1cccc(CCNCC(=O)Nc2ccccc2F)c1. The molecule has 0 saturated heterocycles. The standard InChI is InChI=1S/C17H19FN2O/c1-13-5-4-6-14(11-13)9-10-19-12-17(21)20-16-8-3-2-7-15(16)18/h2-8,11,19H,9-10,12H2,1H3,(H,20,21). The van der Waals surface area contributed by atoms with E-state index in [4.69, 9.17) is 0 Å². The molecule has 0 saturated carbocycles. The Morgan fingerprint density at radius 3 is 2.71 bits per heavy atom. The highest BCUT2D eigenvalue weighted by atomic mass is 19.1. The Hall–Kier alpha value is -2.20. The van der Waals surface area contributed by atoms with Crippen molar-refractivity contribution in [2.24, 2.45) is 0 Å². The van der Waals surface area contributed by atoms with Crippen molar-refractivity contribution in [2.75, 3.05) is 18.4 Å². The topological polar surface area (TPSA) is 41.1 Å². The van der Waals surface area contributed by atoms with Crippen molar-refractivity contribution in [3.8, 4) is 0 Å². The fraction of sp³-hybridized carbons (Fsp3) is 0.235. The molecule has 0 aromatic heterocycles. The number of para-hydroxylation sites is 1. The van der Waals surface area contributed by atoms with Crippen LogP contribution >= 0.6 is 0 Å². The largest absolute Gasteiger partial charge is 0.322 e. The first-order valence-electron chi connectivity index (χ1n) is 6.96. The molecule has 0 bridgehead atoms. The van der Waals surface area contributed by atoms with Gasteiger partial charge in [0.25, 0.3) is 0 Å². The third-order valence-electron chi connectivity index (χ3n) is 3.11. The van der Waals surface area contributed by atoms with Crippen LogP contribution in [-0.4, -0.2) is 19.0 Å². The summed E-state index contributed by atoms with van der Waals surface area (Å²) in [6, 6.07) is 14.4. The van der Waals surface area contributed by atoms with Crippen molar-refractivity contribution in [1.29, 1.82) is 0 Å². The summed E-state index contributed by atoms with van der Waals surface area (Å²) in [5.41, 5.74) is 2.67. The van der Waals surface area contributed by atoms with Gasteiger partial charge in [-0.2, -0.15) is 0 Å². The maximum atomic E-state index is 13.4. The number of amides is 1. The van der Waals surface area contributed by atoms with E-state index in [1.807, 2.05) is 6.07 Å². The molecule has 0 atom stereocenters. The molecule has 2 N–H and O–H groups in total. The second kappa shape index (κ2) is 7.55. The van der Waals surface area contributed by atoms with E-state index in [9.17, 15) is 9.18 Å². The zero-order valence-electron chi connectivity index (χ0n) is 12.0. The van der Waals surface area contributed by atoms with E-state index in [1.165, 1.54) is 17.2 Å². The molecule has 0 spiro atoms. The maximum Gasteiger partial charge on any atom is 0.238 e. The van der Waals surface area contributed by atoms with Crippen LogP contribution in [0.2, 0.25) is 0 Å². The summed E-state index contributed by atoms with van der Waals surface area (Å²) >= 11 is 0. The van der Waals surface area contributed by atoms with Crippen LogP contribution in [0.3, 0.4) is 0 Å². The van der Waals surface area contributed by atoms with Crippen LogP contribution in [0, 0.1) is 12.7 Å². The number of carbonyl (C=O) groups excluding carboxylic acids is 1. The molecule has 0 unspecified atom stereocenters.